The van der Waals surface area contributed by atoms with E-state index in [9.17, 15) is 9.59 Å². The zero-order valence-corrected chi connectivity index (χ0v) is 13.7. The zero-order chi connectivity index (χ0) is 17.1. The molecule has 126 valence electrons. The lowest BCUT2D eigenvalue weighted by molar-refractivity contribution is -0.119. The molecule has 1 aliphatic rings. The third-order valence-corrected chi connectivity index (χ3v) is 4.26. The molecule has 1 saturated heterocycles. The normalized spacial score (nSPS) is 16.9. The van der Waals surface area contributed by atoms with Gasteiger partial charge in [0.2, 0.25) is 5.91 Å². The van der Waals surface area contributed by atoms with Crippen LogP contribution in [0.2, 0.25) is 0 Å². The molecule has 1 aromatic carbocycles. The molecule has 2 amide bonds. The lowest BCUT2D eigenvalue weighted by atomic mass is 10.1. The minimum atomic E-state index is -0.464. The fourth-order valence-electron chi connectivity index (χ4n) is 2.94. The highest BCUT2D eigenvalue weighted by molar-refractivity contribution is 6.01. The summed E-state index contributed by atoms with van der Waals surface area (Å²) >= 11 is 0. The van der Waals surface area contributed by atoms with E-state index in [2.05, 4.69) is 5.32 Å². The molecule has 24 heavy (non-hydrogen) atoms. The molecular formula is C18H20N2O4. The summed E-state index contributed by atoms with van der Waals surface area (Å²) in [5, 5.41) is 2.87. The number of ether oxygens (including phenoxy) is 1. The first-order chi connectivity index (χ1) is 11.6. The average Bonchev–Trinajstić information content (AvgIpc) is 3.24. The Morgan fingerprint density at radius 1 is 1.25 bits per heavy atom. The smallest absolute Gasteiger partial charge is 0.258 e. The Bertz CT molecular complexity index is 736. The first kappa shape index (κ1) is 16.1. The van der Waals surface area contributed by atoms with Gasteiger partial charge in [-0.25, -0.2) is 0 Å². The first-order valence-electron chi connectivity index (χ1n) is 7.90. The van der Waals surface area contributed by atoms with E-state index in [-0.39, 0.29) is 11.8 Å². The van der Waals surface area contributed by atoms with Crippen molar-refractivity contribution < 1.29 is 18.7 Å². The molecule has 6 heteroatoms. The number of nitrogens with zero attached hydrogens (tertiary/aromatic N) is 1. The van der Waals surface area contributed by atoms with Crippen molar-refractivity contribution in [2.75, 3.05) is 19.0 Å². The van der Waals surface area contributed by atoms with Crippen LogP contribution in [-0.2, 0) is 4.79 Å². The van der Waals surface area contributed by atoms with Gasteiger partial charge in [0, 0.05) is 12.2 Å². The second-order valence-electron chi connectivity index (χ2n) is 5.76. The second-order valence-corrected chi connectivity index (χ2v) is 5.76. The number of aryl methyl sites for hydroxylation is 1. The van der Waals surface area contributed by atoms with Crippen LogP contribution in [0.15, 0.2) is 41.0 Å². The highest BCUT2D eigenvalue weighted by Gasteiger charge is 2.35. The van der Waals surface area contributed by atoms with Gasteiger partial charge in [-0.1, -0.05) is 0 Å². The van der Waals surface area contributed by atoms with Crippen LogP contribution in [0.3, 0.4) is 0 Å². The van der Waals surface area contributed by atoms with Gasteiger partial charge in [-0.05, 0) is 50.1 Å². The lowest BCUT2D eigenvalue weighted by Crippen LogP contribution is -2.43. The topological polar surface area (TPSA) is 71.8 Å². The van der Waals surface area contributed by atoms with Gasteiger partial charge >= 0.3 is 0 Å². The number of carbonyl (C=O) groups is 2. The molecule has 0 aliphatic carbocycles. The third kappa shape index (κ3) is 3.13. The molecule has 1 aromatic heterocycles. The molecule has 6 nitrogen and oxygen atoms in total. The number of anilines is 1. The van der Waals surface area contributed by atoms with Crippen LogP contribution in [0.5, 0.6) is 5.75 Å². The third-order valence-electron chi connectivity index (χ3n) is 4.26. The zero-order valence-electron chi connectivity index (χ0n) is 13.7. The van der Waals surface area contributed by atoms with Crippen LogP contribution in [0, 0.1) is 6.92 Å². The van der Waals surface area contributed by atoms with Gasteiger partial charge in [0.15, 0.2) is 0 Å². The predicted molar refractivity (Wildman–Crippen MR) is 89.1 cm³/mol. The number of hydrogen-bond acceptors (Lipinski definition) is 4. The summed E-state index contributed by atoms with van der Waals surface area (Å²) in [6, 6.07) is 8.29. The number of rotatable bonds is 4. The molecular weight excluding hydrogens is 308 g/mol. The summed E-state index contributed by atoms with van der Waals surface area (Å²) in [7, 11) is 1.59. The Labute approximate surface area is 140 Å². The van der Waals surface area contributed by atoms with Gasteiger partial charge in [-0.2, -0.15) is 0 Å². The molecule has 2 aromatic rings. The van der Waals surface area contributed by atoms with Gasteiger partial charge in [0.05, 0.1) is 18.9 Å². The van der Waals surface area contributed by atoms with Crippen LogP contribution < -0.4 is 10.1 Å². The van der Waals surface area contributed by atoms with E-state index < -0.39 is 6.04 Å². The highest BCUT2D eigenvalue weighted by atomic mass is 16.5. The summed E-state index contributed by atoms with van der Waals surface area (Å²) < 4.78 is 10.3. The number of amides is 2. The van der Waals surface area contributed by atoms with Crippen LogP contribution in [-0.4, -0.2) is 36.4 Å². The van der Waals surface area contributed by atoms with Crippen LogP contribution in [0.4, 0.5) is 5.69 Å². The Hall–Kier alpha value is -2.76. The minimum Gasteiger partial charge on any atom is -0.497 e. The Kier molecular flexibility index (Phi) is 4.55. The van der Waals surface area contributed by atoms with Crippen molar-refractivity contribution in [1.29, 1.82) is 0 Å². The summed E-state index contributed by atoms with van der Waals surface area (Å²) in [4.78, 5) is 26.8. The van der Waals surface area contributed by atoms with Gasteiger partial charge in [0.25, 0.3) is 5.91 Å². The van der Waals surface area contributed by atoms with E-state index in [0.29, 0.717) is 30.0 Å². The molecule has 1 aliphatic heterocycles. The van der Waals surface area contributed by atoms with Gasteiger partial charge < -0.3 is 19.4 Å². The quantitative estimate of drug-likeness (QED) is 0.937. The number of nitrogens with one attached hydrogen (secondary N) is 1. The van der Waals surface area contributed by atoms with Crippen molar-refractivity contribution in [3.63, 3.8) is 0 Å². The van der Waals surface area contributed by atoms with Crippen molar-refractivity contribution in [3.8, 4) is 5.75 Å². The van der Waals surface area contributed by atoms with Crippen molar-refractivity contribution in [1.82, 2.24) is 4.90 Å². The molecule has 0 radical (unpaired) electrons. The van der Waals surface area contributed by atoms with Crippen molar-refractivity contribution in [2.24, 2.45) is 0 Å². The molecule has 0 unspecified atom stereocenters. The largest absolute Gasteiger partial charge is 0.497 e. The molecule has 0 bridgehead atoms. The monoisotopic (exact) mass is 328 g/mol. The minimum absolute atomic E-state index is 0.159. The molecule has 1 N–H and O–H groups in total. The number of likely N-dealkylation sites (tertiary alicyclic amines) is 1. The SMILES string of the molecule is COc1ccc(NC(=O)[C@@H]2CCCN2C(=O)c2ccoc2C)cc1. The fraction of sp³-hybridized carbons (Fsp3) is 0.333. The van der Waals surface area contributed by atoms with Crippen molar-refractivity contribution in [3.05, 3.63) is 47.9 Å². The van der Waals surface area contributed by atoms with E-state index in [1.54, 1.807) is 49.3 Å². The first-order valence-corrected chi connectivity index (χ1v) is 7.90. The second kappa shape index (κ2) is 6.78. The summed E-state index contributed by atoms with van der Waals surface area (Å²) in [6.07, 6.45) is 2.96. The number of hydrogen-bond donors (Lipinski definition) is 1. The number of methoxy groups -OCH3 is 1. The van der Waals surface area contributed by atoms with Crippen LogP contribution in [0.1, 0.15) is 29.0 Å². The molecule has 1 atom stereocenters. The maximum absolute atomic E-state index is 12.6. The fourth-order valence-corrected chi connectivity index (χ4v) is 2.94. The molecule has 1 fully saturated rings. The van der Waals surface area contributed by atoms with Gasteiger partial charge in [-0.15, -0.1) is 0 Å². The highest BCUT2D eigenvalue weighted by Crippen LogP contribution is 2.24. The maximum Gasteiger partial charge on any atom is 0.258 e. The van der Waals surface area contributed by atoms with E-state index in [0.717, 1.165) is 12.2 Å². The molecule has 2 heterocycles. The standard InChI is InChI=1S/C18H20N2O4/c1-12-15(9-11-24-12)18(22)20-10-3-4-16(20)17(21)19-13-5-7-14(23-2)8-6-13/h5-9,11,16H,3-4,10H2,1-2H3,(H,19,21)/t16-/m0/s1. The Morgan fingerprint density at radius 2 is 2.00 bits per heavy atom. The molecule has 3 rings (SSSR count). The van der Waals surface area contributed by atoms with Crippen molar-refractivity contribution in [2.45, 2.75) is 25.8 Å². The lowest BCUT2D eigenvalue weighted by Gasteiger charge is -2.23. The number of carbonyl (C=O) groups excluding carboxylic acids is 2. The number of furan rings is 1. The van der Waals surface area contributed by atoms with E-state index in [1.807, 2.05) is 0 Å². The van der Waals surface area contributed by atoms with Gasteiger partial charge in [-0.3, -0.25) is 9.59 Å². The molecule has 0 spiro atoms. The van der Waals surface area contributed by atoms with Crippen molar-refractivity contribution >= 4 is 17.5 Å². The van der Waals surface area contributed by atoms with Crippen LogP contribution >= 0.6 is 0 Å². The van der Waals surface area contributed by atoms with E-state index in [1.165, 1.54) is 6.26 Å². The summed E-state index contributed by atoms with van der Waals surface area (Å²) in [5.74, 6) is 0.961. The summed E-state index contributed by atoms with van der Waals surface area (Å²) in [5.41, 5.74) is 1.19. The van der Waals surface area contributed by atoms with E-state index in [4.69, 9.17) is 9.15 Å². The van der Waals surface area contributed by atoms with E-state index >= 15 is 0 Å². The average molecular weight is 328 g/mol. The van der Waals surface area contributed by atoms with Crippen LogP contribution in [0.25, 0.3) is 0 Å². The Morgan fingerprint density at radius 3 is 2.62 bits per heavy atom. The predicted octanol–water partition coefficient (Wildman–Crippen LogP) is 2.84. The summed E-state index contributed by atoms with van der Waals surface area (Å²) in [6.45, 7) is 2.32. The van der Waals surface area contributed by atoms with Gasteiger partial charge in [0.1, 0.15) is 17.6 Å². The molecule has 0 saturated carbocycles. The number of benzene rings is 1. The Balaban J connectivity index is 1.71. The maximum atomic E-state index is 12.6.